The fourth-order valence-corrected chi connectivity index (χ4v) is 13.2. The Morgan fingerprint density at radius 1 is 0.348 bits per heavy atom. The summed E-state index contributed by atoms with van der Waals surface area (Å²) in [6.07, 6.45) is 0. The lowest BCUT2D eigenvalue weighted by molar-refractivity contribution is 0.773. The van der Waals surface area contributed by atoms with Gasteiger partial charge in [-0.05, 0) is 121 Å². The summed E-state index contributed by atoms with van der Waals surface area (Å²) in [5.74, 6) is 0. The third-order valence-electron chi connectivity index (χ3n) is 14.8. The molecule has 2 nitrogen and oxygen atoms in total. The zero-order chi connectivity index (χ0) is 43.1. The van der Waals surface area contributed by atoms with Crippen molar-refractivity contribution in [2.75, 3.05) is 4.90 Å². The molecule has 0 radical (unpaired) electrons. The first kappa shape index (κ1) is 36.1. The summed E-state index contributed by atoms with van der Waals surface area (Å²) >= 11 is 1.87. The molecule has 1 unspecified atom stereocenters. The Morgan fingerprint density at radius 3 is 1.82 bits per heavy atom. The lowest BCUT2D eigenvalue weighted by atomic mass is 9.61. The molecule has 11 aromatic carbocycles. The van der Waals surface area contributed by atoms with Crippen LogP contribution in [-0.4, -0.2) is 4.57 Å². The second-order valence-corrected chi connectivity index (χ2v) is 19.0. The predicted octanol–water partition coefficient (Wildman–Crippen LogP) is 17.3. The van der Waals surface area contributed by atoms with Gasteiger partial charge in [0, 0.05) is 53.4 Å². The van der Waals surface area contributed by atoms with E-state index in [1.807, 2.05) is 11.3 Å². The van der Waals surface area contributed by atoms with E-state index in [-0.39, 0.29) is 0 Å². The first-order valence-electron chi connectivity index (χ1n) is 22.8. The van der Waals surface area contributed by atoms with Crippen LogP contribution < -0.4 is 4.90 Å². The molecule has 0 fully saturated rings. The van der Waals surface area contributed by atoms with E-state index < -0.39 is 5.41 Å². The van der Waals surface area contributed by atoms with Crippen molar-refractivity contribution in [1.29, 1.82) is 0 Å². The van der Waals surface area contributed by atoms with Crippen LogP contribution in [0.4, 0.5) is 17.1 Å². The van der Waals surface area contributed by atoms with Crippen molar-refractivity contribution in [3.63, 3.8) is 0 Å². The summed E-state index contributed by atoms with van der Waals surface area (Å²) in [6, 6.07) is 86.6. The molecule has 0 N–H and O–H groups in total. The van der Waals surface area contributed by atoms with Crippen LogP contribution in [0.15, 0.2) is 231 Å². The molecule has 3 heteroatoms. The first-order chi connectivity index (χ1) is 32.7. The molecule has 306 valence electrons. The molecule has 2 aliphatic carbocycles. The molecule has 13 aromatic rings. The van der Waals surface area contributed by atoms with Gasteiger partial charge in [0.2, 0.25) is 0 Å². The van der Waals surface area contributed by atoms with Gasteiger partial charge >= 0.3 is 0 Å². The van der Waals surface area contributed by atoms with Crippen LogP contribution in [0.25, 0.3) is 91.5 Å². The topological polar surface area (TPSA) is 8.17 Å². The van der Waals surface area contributed by atoms with Gasteiger partial charge in [0.25, 0.3) is 0 Å². The number of benzene rings is 11. The van der Waals surface area contributed by atoms with Crippen molar-refractivity contribution >= 4 is 91.9 Å². The lowest BCUT2D eigenvalue weighted by Gasteiger charge is -2.40. The Labute approximate surface area is 385 Å². The summed E-state index contributed by atoms with van der Waals surface area (Å²) in [5, 5.41) is 10.1. The SMILES string of the molecule is c1ccc2c(c1)-c1ccc(N(c3ccc4c5ccccc5n(-c5ccc6sc7ccccc7c6c5)c4c3)c3cccc4ccccc34)cc1C21c2ccccc2-c2cccc3cccc1c23. The largest absolute Gasteiger partial charge is 0.310 e. The molecule has 2 heterocycles. The molecular formula is C63H38N2S. The second-order valence-electron chi connectivity index (χ2n) is 17.9. The molecule has 1 atom stereocenters. The van der Waals surface area contributed by atoms with E-state index >= 15 is 0 Å². The molecule has 0 aliphatic heterocycles. The standard InChI is InChI=1S/C63H38N2S/c1-2-18-44-39(14-1)15-13-28-57(44)64(43-31-34-49-48-21-5-9-27-58(48)65(59(49)38-43)41-32-35-61-52(36-41)50-22-6-10-29-60(50)66-61)42-30-33-47-45-19-3-7-24-53(45)63(56(47)37-42)54-25-8-4-20-46(54)51-23-11-16-40-17-12-26-55(63)62(40)51/h1-38H. The van der Waals surface area contributed by atoms with Gasteiger partial charge in [-0.3, -0.25) is 0 Å². The van der Waals surface area contributed by atoms with Crippen LogP contribution >= 0.6 is 11.3 Å². The highest BCUT2D eigenvalue weighted by Crippen LogP contribution is 2.62. The average molecular weight is 855 g/mol. The van der Waals surface area contributed by atoms with Crippen LogP contribution in [0.3, 0.4) is 0 Å². The molecule has 0 saturated heterocycles. The van der Waals surface area contributed by atoms with E-state index in [2.05, 4.69) is 240 Å². The van der Waals surface area contributed by atoms with E-state index in [1.54, 1.807) is 0 Å². The number of anilines is 3. The van der Waals surface area contributed by atoms with Crippen molar-refractivity contribution < 1.29 is 0 Å². The number of hydrogen-bond donors (Lipinski definition) is 0. The number of para-hydroxylation sites is 1. The Balaban J connectivity index is 1.02. The Hall–Kier alpha value is -8.24. The summed E-state index contributed by atoms with van der Waals surface area (Å²) < 4.78 is 5.10. The molecule has 1 spiro atoms. The van der Waals surface area contributed by atoms with Gasteiger partial charge < -0.3 is 9.47 Å². The third-order valence-corrected chi connectivity index (χ3v) is 15.9. The van der Waals surface area contributed by atoms with Crippen molar-refractivity contribution in [2.24, 2.45) is 0 Å². The van der Waals surface area contributed by atoms with Crippen LogP contribution in [0.5, 0.6) is 0 Å². The summed E-state index contributed by atoms with van der Waals surface area (Å²) in [6.45, 7) is 0. The van der Waals surface area contributed by atoms with Crippen LogP contribution in [0, 0.1) is 0 Å². The maximum absolute atomic E-state index is 2.52. The molecule has 2 aliphatic rings. The minimum atomic E-state index is -0.530. The van der Waals surface area contributed by atoms with Gasteiger partial charge in [0.15, 0.2) is 0 Å². The maximum atomic E-state index is 2.52. The number of rotatable bonds is 4. The summed E-state index contributed by atoms with van der Waals surface area (Å²) in [4.78, 5) is 2.51. The number of nitrogens with zero attached hydrogens (tertiary/aromatic N) is 2. The van der Waals surface area contributed by atoms with Gasteiger partial charge in [-0.1, -0.05) is 170 Å². The predicted molar refractivity (Wildman–Crippen MR) is 280 cm³/mol. The summed E-state index contributed by atoms with van der Waals surface area (Å²) in [7, 11) is 0. The monoisotopic (exact) mass is 854 g/mol. The first-order valence-corrected chi connectivity index (χ1v) is 23.6. The van der Waals surface area contributed by atoms with E-state index in [9.17, 15) is 0 Å². The Bertz CT molecular complexity index is 4200. The summed E-state index contributed by atoms with van der Waals surface area (Å²) in [5.41, 5.74) is 16.9. The number of thiophene rings is 1. The molecular weight excluding hydrogens is 817 g/mol. The van der Waals surface area contributed by atoms with Gasteiger partial charge in [0.05, 0.1) is 22.1 Å². The molecule has 66 heavy (non-hydrogen) atoms. The van der Waals surface area contributed by atoms with Gasteiger partial charge in [-0.2, -0.15) is 0 Å². The zero-order valence-electron chi connectivity index (χ0n) is 35.7. The zero-order valence-corrected chi connectivity index (χ0v) is 36.6. The van der Waals surface area contributed by atoms with Gasteiger partial charge in [0.1, 0.15) is 0 Å². The lowest BCUT2D eigenvalue weighted by Crippen LogP contribution is -2.32. The van der Waals surface area contributed by atoms with Crippen LogP contribution in [0.1, 0.15) is 22.3 Å². The second kappa shape index (κ2) is 13.4. The maximum Gasteiger partial charge on any atom is 0.0726 e. The van der Waals surface area contributed by atoms with E-state index in [0.717, 1.165) is 22.7 Å². The normalized spacial score (nSPS) is 14.7. The minimum Gasteiger partial charge on any atom is -0.310 e. The number of fused-ring (bicyclic) bond motifs is 16. The number of hydrogen-bond acceptors (Lipinski definition) is 2. The molecule has 0 amide bonds. The molecule has 0 saturated carbocycles. The van der Waals surface area contributed by atoms with Crippen molar-refractivity contribution in [2.45, 2.75) is 5.41 Å². The van der Waals surface area contributed by atoms with Crippen molar-refractivity contribution in [3.05, 3.63) is 253 Å². The highest BCUT2D eigenvalue weighted by molar-refractivity contribution is 7.25. The molecule has 15 rings (SSSR count). The van der Waals surface area contributed by atoms with Gasteiger partial charge in [-0.25, -0.2) is 0 Å². The minimum absolute atomic E-state index is 0.530. The fourth-order valence-electron chi connectivity index (χ4n) is 12.1. The quantitative estimate of drug-likeness (QED) is 0.171. The molecule has 2 aromatic heterocycles. The van der Waals surface area contributed by atoms with E-state index in [1.165, 1.54) is 108 Å². The van der Waals surface area contributed by atoms with Crippen molar-refractivity contribution in [3.8, 4) is 27.9 Å². The highest BCUT2D eigenvalue weighted by Gasteiger charge is 2.50. The van der Waals surface area contributed by atoms with Crippen LogP contribution in [0.2, 0.25) is 0 Å². The van der Waals surface area contributed by atoms with E-state index in [4.69, 9.17) is 0 Å². The fraction of sp³-hybridized carbons (Fsp3) is 0.0159. The Morgan fingerprint density at radius 2 is 0.939 bits per heavy atom. The highest BCUT2D eigenvalue weighted by atomic mass is 32.1. The third kappa shape index (κ3) is 4.74. The van der Waals surface area contributed by atoms with Crippen LogP contribution in [-0.2, 0) is 5.41 Å². The van der Waals surface area contributed by atoms with E-state index in [0.29, 0.717) is 0 Å². The number of aromatic nitrogens is 1. The average Bonchev–Trinajstić information content (AvgIpc) is 4.01. The van der Waals surface area contributed by atoms with Crippen molar-refractivity contribution in [1.82, 2.24) is 4.57 Å². The van der Waals surface area contributed by atoms with Gasteiger partial charge in [-0.15, -0.1) is 11.3 Å². The smallest absolute Gasteiger partial charge is 0.0726 e. The Kier molecular flexibility index (Phi) is 7.34. The molecule has 0 bridgehead atoms.